The molecule has 0 aliphatic carbocycles. The zero-order chi connectivity index (χ0) is 21.6. The first kappa shape index (κ1) is 20.6. The zero-order valence-corrected chi connectivity index (χ0v) is 18.2. The summed E-state index contributed by atoms with van der Waals surface area (Å²) in [6, 6.07) is 16.9. The summed E-state index contributed by atoms with van der Waals surface area (Å²) in [5.41, 5.74) is 3.06. The minimum absolute atomic E-state index is 0.130. The molecule has 8 heteroatoms. The summed E-state index contributed by atoms with van der Waals surface area (Å²) in [6.07, 6.45) is 4.82. The monoisotopic (exact) mass is 446 g/mol. The molecular weight excluding hydrogens is 428 g/mol. The van der Waals surface area contributed by atoms with E-state index in [0.717, 1.165) is 16.3 Å². The Morgan fingerprint density at radius 2 is 1.81 bits per heavy atom. The van der Waals surface area contributed by atoms with E-state index in [0.29, 0.717) is 16.5 Å². The Labute approximate surface area is 187 Å². The van der Waals surface area contributed by atoms with E-state index in [1.165, 1.54) is 24.3 Å². The molecule has 0 unspecified atom stereocenters. The second-order valence-corrected chi connectivity index (χ2v) is 8.21. The molecule has 0 saturated heterocycles. The largest absolute Gasteiger partial charge is 0.323 e. The molecule has 0 atom stereocenters. The van der Waals surface area contributed by atoms with E-state index < -0.39 is 0 Å². The van der Waals surface area contributed by atoms with E-state index in [2.05, 4.69) is 15.3 Å². The molecule has 0 spiro atoms. The zero-order valence-electron chi connectivity index (χ0n) is 16.6. The first-order valence-electron chi connectivity index (χ1n) is 9.40. The number of rotatable bonds is 6. The maximum atomic E-state index is 12.3. The number of thiazole rings is 2. The predicted molar refractivity (Wildman–Crippen MR) is 127 cm³/mol. The normalized spacial score (nSPS) is 10.9. The van der Waals surface area contributed by atoms with Crippen LogP contribution in [-0.2, 0) is 9.59 Å². The second-order valence-electron chi connectivity index (χ2n) is 6.48. The van der Waals surface area contributed by atoms with Crippen LogP contribution >= 0.6 is 22.7 Å². The highest BCUT2D eigenvalue weighted by Crippen LogP contribution is 2.29. The molecule has 0 bridgehead atoms. The van der Waals surface area contributed by atoms with Crippen molar-refractivity contribution in [1.29, 1.82) is 0 Å². The van der Waals surface area contributed by atoms with Crippen molar-refractivity contribution in [2.45, 2.75) is 6.92 Å². The van der Waals surface area contributed by atoms with Crippen molar-refractivity contribution in [2.24, 2.45) is 0 Å². The molecule has 0 aliphatic rings. The molecule has 154 valence electrons. The van der Waals surface area contributed by atoms with E-state index in [4.69, 9.17) is 0 Å². The van der Waals surface area contributed by atoms with Gasteiger partial charge in [0.1, 0.15) is 5.01 Å². The molecule has 6 nitrogen and oxygen atoms in total. The van der Waals surface area contributed by atoms with Gasteiger partial charge in [-0.2, -0.15) is 0 Å². The summed E-state index contributed by atoms with van der Waals surface area (Å²) < 4.78 is 0. The lowest BCUT2D eigenvalue weighted by Gasteiger charge is -2.17. The molecule has 2 aromatic carbocycles. The summed E-state index contributed by atoms with van der Waals surface area (Å²) in [5.74, 6) is -0.391. The Morgan fingerprint density at radius 3 is 2.48 bits per heavy atom. The fourth-order valence-electron chi connectivity index (χ4n) is 2.87. The van der Waals surface area contributed by atoms with E-state index in [9.17, 15) is 9.59 Å². The molecule has 0 radical (unpaired) electrons. The standard InChI is InChI=1S/C23H18N4O2S2/c1-16(28)27(20-5-3-2-4-6-20)23-26-19(15-31-23)11-12-21(29)25-18-9-7-17(8-10-18)22-24-13-14-30-22/h2-15H,1H3,(H,25,29)/b12-11+. The number of anilines is 3. The topological polar surface area (TPSA) is 75.2 Å². The Bertz CT molecular complexity index is 1200. The Balaban J connectivity index is 1.41. The van der Waals surface area contributed by atoms with Crippen molar-refractivity contribution in [3.8, 4) is 10.6 Å². The maximum absolute atomic E-state index is 12.3. The molecule has 4 rings (SSSR count). The highest BCUT2D eigenvalue weighted by molar-refractivity contribution is 7.14. The van der Waals surface area contributed by atoms with Gasteiger partial charge in [0.25, 0.3) is 0 Å². The minimum Gasteiger partial charge on any atom is -0.323 e. The second kappa shape index (κ2) is 9.46. The van der Waals surface area contributed by atoms with Crippen LogP contribution in [0.3, 0.4) is 0 Å². The summed E-state index contributed by atoms with van der Waals surface area (Å²) in [5, 5.41) is 8.05. The Kier molecular flexibility index (Phi) is 6.30. The third-order valence-electron chi connectivity index (χ3n) is 4.27. The van der Waals surface area contributed by atoms with Gasteiger partial charge in [0.15, 0.2) is 5.13 Å². The number of hydrogen-bond acceptors (Lipinski definition) is 6. The van der Waals surface area contributed by atoms with E-state index in [1.807, 2.05) is 60.0 Å². The van der Waals surface area contributed by atoms with Gasteiger partial charge in [-0.05, 0) is 42.5 Å². The summed E-state index contributed by atoms with van der Waals surface area (Å²) in [4.78, 5) is 34.7. The number of benzene rings is 2. The molecule has 0 saturated carbocycles. The lowest BCUT2D eigenvalue weighted by Crippen LogP contribution is -2.22. The van der Waals surface area contributed by atoms with Gasteiger partial charge in [0, 0.05) is 41.2 Å². The maximum Gasteiger partial charge on any atom is 0.248 e. The van der Waals surface area contributed by atoms with E-state index >= 15 is 0 Å². The Hall–Kier alpha value is -3.62. The average molecular weight is 447 g/mol. The van der Waals surface area contributed by atoms with Crippen LogP contribution in [0.2, 0.25) is 0 Å². The predicted octanol–water partition coefficient (Wildman–Crippen LogP) is 5.60. The van der Waals surface area contributed by atoms with Crippen LogP contribution in [0.1, 0.15) is 12.6 Å². The highest BCUT2D eigenvalue weighted by atomic mass is 32.1. The van der Waals surface area contributed by atoms with Gasteiger partial charge in [-0.1, -0.05) is 18.2 Å². The molecule has 2 heterocycles. The quantitative estimate of drug-likeness (QED) is 0.391. The lowest BCUT2D eigenvalue weighted by molar-refractivity contribution is -0.116. The first-order valence-corrected chi connectivity index (χ1v) is 11.2. The van der Waals surface area contributed by atoms with Crippen LogP contribution in [0, 0.1) is 0 Å². The van der Waals surface area contributed by atoms with Gasteiger partial charge in [0.2, 0.25) is 11.8 Å². The van der Waals surface area contributed by atoms with Crippen molar-refractivity contribution >= 4 is 57.1 Å². The van der Waals surface area contributed by atoms with Gasteiger partial charge < -0.3 is 5.32 Å². The van der Waals surface area contributed by atoms with Gasteiger partial charge in [-0.3, -0.25) is 14.5 Å². The fraction of sp³-hybridized carbons (Fsp3) is 0.0435. The lowest BCUT2D eigenvalue weighted by atomic mass is 10.2. The van der Waals surface area contributed by atoms with Crippen LogP contribution in [-0.4, -0.2) is 21.8 Å². The molecule has 1 N–H and O–H groups in total. The van der Waals surface area contributed by atoms with Gasteiger partial charge in [-0.15, -0.1) is 22.7 Å². The SMILES string of the molecule is CC(=O)N(c1ccccc1)c1nc(/C=C/C(=O)Nc2ccc(-c3nccs3)cc2)cs1. The minimum atomic E-state index is -0.261. The number of amides is 2. The van der Waals surface area contributed by atoms with Crippen LogP contribution < -0.4 is 10.2 Å². The van der Waals surface area contributed by atoms with Crippen molar-refractivity contribution in [2.75, 3.05) is 10.2 Å². The number of aromatic nitrogens is 2. The molecule has 2 aromatic heterocycles. The highest BCUT2D eigenvalue weighted by Gasteiger charge is 2.17. The summed E-state index contributed by atoms with van der Waals surface area (Å²) in [7, 11) is 0. The van der Waals surface area contributed by atoms with E-state index in [-0.39, 0.29) is 11.8 Å². The molecule has 31 heavy (non-hydrogen) atoms. The first-order chi connectivity index (χ1) is 15.1. The number of carbonyl (C=O) groups is 2. The third kappa shape index (κ3) is 5.11. The van der Waals surface area contributed by atoms with Crippen LogP contribution in [0.25, 0.3) is 16.6 Å². The molecule has 0 fully saturated rings. The summed E-state index contributed by atoms with van der Waals surface area (Å²) >= 11 is 2.91. The van der Waals surface area contributed by atoms with Gasteiger partial charge >= 0.3 is 0 Å². The van der Waals surface area contributed by atoms with Crippen molar-refractivity contribution in [3.63, 3.8) is 0 Å². The molecule has 2 amide bonds. The van der Waals surface area contributed by atoms with E-state index in [1.54, 1.807) is 33.9 Å². The molecule has 4 aromatic rings. The Morgan fingerprint density at radius 1 is 1.03 bits per heavy atom. The molecule has 0 aliphatic heterocycles. The third-order valence-corrected chi connectivity index (χ3v) is 5.93. The van der Waals surface area contributed by atoms with Crippen molar-refractivity contribution < 1.29 is 9.59 Å². The number of carbonyl (C=O) groups excluding carboxylic acids is 2. The van der Waals surface area contributed by atoms with Gasteiger partial charge in [-0.25, -0.2) is 9.97 Å². The summed E-state index contributed by atoms with van der Waals surface area (Å²) in [6.45, 7) is 1.50. The van der Waals surface area contributed by atoms with Crippen LogP contribution in [0.15, 0.2) is 77.6 Å². The number of para-hydroxylation sites is 1. The van der Waals surface area contributed by atoms with Crippen molar-refractivity contribution in [1.82, 2.24) is 9.97 Å². The number of hydrogen-bond donors (Lipinski definition) is 1. The number of nitrogens with one attached hydrogen (secondary N) is 1. The fourth-order valence-corrected chi connectivity index (χ4v) is 4.37. The van der Waals surface area contributed by atoms with Gasteiger partial charge in [0.05, 0.1) is 11.4 Å². The van der Waals surface area contributed by atoms with Crippen molar-refractivity contribution in [3.05, 3.63) is 83.3 Å². The molecular formula is C23H18N4O2S2. The number of nitrogens with zero attached hydrogens (tertiary/aromatic N) is 3. The van der Waals surface area contributed by atoms with Crippen LogP contribution in [0.4, 0.5) is 16.5 Å². The average Bonchev–Trinajstić information content (AvgIpc) is 3.46. The smallest absolute Gasteiger partial charge is 0.248 e. The van der Waals surface area contributed by atoms with Crippen LogP contribution in [0.5, 0.6) is 0 Å².